The van der Waals surface area contributed by atoms with Gasteiger partial charge in [-0.3, -0.25) is 9.69 Å². The molecule has 3 amide bonds. The van der Waals surface area contributed by atoms with Gasteiger partial charge in [0.1, 0.15) is 29.8 Å². The summed E-state index contributed by atoms with van der Waals surface area (Å²) in [6, 6.07) is 9.84. The predicted molar refractivity (Wildman–Crippen MR) is 108 cm³/mol. The Morgan fingerprint density at radius 1 is 1.16 bits per heavy atom. The molecule has 4 rings (SSSR count). The summed E-state index contributed by atoms with van der Waals surface area (Å²) in [5.41, 5.74) is -0.756. The molecule has 2 aliphatic rings. The second-order valence-electron chi connectivity index (χ2n) is 7.60. The largest absolute Gasteiger partial charge is 0.491 e. The van der Waals surface area contributed by atoms with Gasteiger partial charge < -0.3 is 24.6 Å². The summed E-state index contributed by atoms with van der Waals surface area (Å²) in [7, 11) is 0. The van der Waals surface area contributed by atoms with Crippen molar-refractivity contribution in [3.05, 3.63) is 53.8 Å². The van der Waals surface area contributed by atoms with Crippen molar-refractivity contribution in [1.82, 2.24) is 10.2 Å². The van der Waals surface area contributed by atoms with Crippen LogP contribution in [0.4, 0.5) is 9.18 Å². The highest BCUT2D eigenvalue weighted by Crippen LogP contribution is 2.36. The van der Waals surface area contributed by atoms with Crippen LogP contribution in [0.1, 0.15) is 18.9 Å². The molecule has 9 heteroatoms. The van der Waals surface area contributed by atoms with Gasteiger partial charge in [0.25, 0.3) is 5.91 Å². The van der Waals surface area contributed by atoms with Gasteiger partial charge in [0.2, 0.25) is 0 Å². The van der Waals surface area contributed by atoms with E-state index in [0.717, 1.165) is 11.3 Å². The summed E-state index contributed by atoms with van der Waals surface area (Å²) in [5, 5.41) is 13.0. The Morgan fingerprint density at radius 2 is 1.87 bits per heavy atom. The standard InChI is InChI=1S/C22H23FN2O6/c1-22(14-3-8-18-19(11-14)30-10-2-9-29-18)20(27)25(21(28)24-22)12-16(26)13-31-17-6-4-15(23)5-7-17/h3-8,11,16,26H,2,9-10,12-13H2,1H3,(H,24,28). The predicted octanol–water partition coefficient (Wildman–Crippen LogP) is 2.19. The maximum Gasteiger partial charge on any atom is 0.325 e. The number of carbonyl (C=O) groups excluding carboxylic acids is 2. The van der Waals surface area contributed by atoms with Gasteiger partial charge in [-0.1, -0.05) is 6.07 Å². The summed E-state index contributed by atoms with van der Waals surface area (Å²) < 4.78 is 29.7. The summed E-state index contributed by atoms with van der Waals surface area (Å²) >= 11 is 0. The Bertz CT molecular complexity index is 982. The molecule has 164 valence electrons. The van der Waals surface area contributed by atoms with Crippen LogP contribution >= 0.6 is 0 Å². The van der Waals surface area contributed by atoms with E-state index in [4.69, 9.17) is 14.2 Å². The number of urea groups is 1. The van der Waals surface area contributed by atoms with Crippen molar-refractivity contribution in [2.24, 2.45) is 0 Å². The van der Waals surface area contributed by atoms with Gasteiger partial charge in [-0.05, 0) is 48.9 Å². The van der Waals surface area contributed by atoms with Crippen LogP contribution in [0.3, 0.4) is 0 Å². The summed E-state index contributed by atoms with van der Waals surface area (Å²) in [6.07, 6.45) is -0.367. The molecule has 0 aliphatic carbocycles. The van der Waals surface area contributed by atoms with Gasteiger partial charge in [0.15, 0.2) is 11.5 Å². The van der Waals surface area contributed by atoms with Gasteiger partial charge in [0, 0.05) is 6.42 Å². The molecular formula is C22H23FN2O6. The molecule has 0 aromatic heterocycles. The first-order valence-corrected chi connectivity index (χ1v) is 9.97. The van der Waals surface area contributed by atoms with E-state index in [1.165, 1.54) is 24.3 Å². The fraction of sp³-hybridized carbons (Fsp3) is 0.364. The number of hydrogen-bond acceptors (Lipinski definition) is 6. The summed E-state index contributed by atoms with van der Waals surface area (Å²) in [5.74, 6) is 0.583. The first-order valence-electron chi connectivity index (χ1n) is 9.97. The lowest BCUT2D eigenvalue weighted by Gasteiger charge is -2.24. The first kappa shape index (κ1) is 20.9. The normalized spacial score (nSPS) is 21.5. The Morgan fingerprint density at radius 3 is 2.61 bits per heavy atom. The molecule has 2 aromatic rings. The number of rotatable bonds is 6. The molecular weight excluding hydrogens is 407 g/mol. The SMILES string of the molecule is CC1(c2ccc3c(c2)OCCCO3)NC(=O)N(CC(O)COc2ccc(F)cc2)C1=O. The number of carbonyl (C=O) groups is 2. The van der Waals surface area contributed by atoms with Crippen molar-refractivity contribution in [3.63, 3.8) is 0 Å². The van der Waals surface area contributed by atoms with Crippen molar-refractivity contribution in [2.45, 2.75) is 25.0 Å². The maximum atomic E-state index is 13.1. The molecule has 2 N–H and O–H groups in total. The molecule has 2 aliphatic heterocycles. The van der Waals surface area contributed by atoms with Crippen molar-refractivity contribution in [2.75, 3.05) is 26.4 Å². The van der Waals surface area contributed by atoms with Crippen LogP contribution in [0, 0.1) is 5.82 Å². The van der Waals surface area contributed by atoms with Crippen LogP contribution in [0.2, 0.25) is 0 Å². The van der Waals surface area contributed by atoms with E-state index >= 15 is 0 Å². The molecule has 2 heterocycles. The highest BCUT2D eigenvalue weighted by atomic mass is 19.1. The highest BCUT2D eigenvalue weighted by Gasteiger charge is 2.49. The second kappa shape index (κ2) is 8.43. The summed E-state index contributed by atoms with van der Waals surface area (Å²) in [4.78, 5) is 26.6. The number of halogens is 1. The van der Waals surface area contributed by atoms with Gasteiger partial charge in [-0.2, -0.15) is 0 Å². The lowest BCUT2D eigenvalue weighted by atomic mass is 9.91. The molecule has 31 heavy (non-hydrogen) atoms. The monoisotopic (exact) mass is 430 g/mol. The zero-order chi connectivity index (χ0) is 22.0. The zero-order valence-electron chi connectivity index (χ0n) is 17.0. The number of aliphatic hydroxyl groups excluding tert-OH is 1. The van der Waals surface area contributed by atoms with Crippen molar-refractivity contribution in [3.8, 4) is 17.2 Å². The molecule has 0 saturated carbocycles. The third-order valence-electron chi connectivity index (χ3n) is 5.25. The number of aliphatic hydroxyl groups is 1. The Labute approximate surface area is 178 Å². The number of nitrogens with one attached hydrogen (secondary N) is 1. The van der Waals surface area contributed by atoms with Crippen molar-refractivity contribution >= 4 is 11.9 Å². The third-order valence-corrected chi connectivity index (χ3v) is 5.25. The summed E-state index contributed by atoms with van der Waals surface area (Å²) in [6.45, 7) is 2.24. The van der Waals surface area contributed by atoms with Crippen LogP contribution in [0.5, 0.6) is 17.2 Å². The molecule has 8 nitrogen and oxygen atoms in total. The molecule has 1 fully saturated rings. The van der Waals surface area contributed by atoms with E-state index < -0.39 is 29.4 Å². The molecule has 1 saturated heterocycles. The number of hydrogen-bond donors (Lipinski definition) is 2. The topological polar surface area (TPSA) is 97.3 Å². The van der Waals surface area contributed by atoms with Gasteiger partial charge in [-0.15, -0.1) is 0 Å². The second-order valence-corrected chi connectivity index (χ2v) is 7.60. The Balaban J connectivity index is 1.44. The lowest BCUT2D eigenvalue weighted by Crippen LogP contribution is -2.42. The molecule has 0 spiro atoms. The van der Waals surface area contributed by atoms with E-state index in [-0.39, 0.29) is 13.2 Å². The molecule has 2 atom stereocenters. The van der Waals surface area contributed by atoms with Crippen molar-refractivity contribution < 1.29 is 33.3 Å². The molecule has 0 radical (unpaired) electrons. The minimum absolute atomic E-state index is 0.163. The molecule has 0 bridgehead atoms. The minimum atomic E-state index is -1.31. The van der Waals surface area contributed by atoms with E-state index in [2.05, 4.69) is 5.32 Å². The van der Waals surface area contributed by atoms with Crippen LogP contribution in [-0.2, 0) is 10.3 Å². The van der Waals surface area contributed by atoms with Crippen LogP contribution in [0.25, 0.3) is 0 Å². The number of β-amino-alcohol motifs (C(OH)–C–C–N with tert-alkyl or cyclic N) is 1. The number of amides is 3. The van der Waals surface area contributed by atoms with E-state index in [0.29, 0.717) is 36.0 Å². The number of ether oxygens (including phenoxy) is 3. The van der Waals surface area contributed by atoms with E-state index in [1.54, 1.807) is 25.1 Å². The minimum Gasteiger partial charge on any atom is -0.491 e. The average molecular weight is 430 g/mol. The number of fused-ring (bicyclic) bond motifs is 1. The van der Waals surface area contributed by atoms with E-state index in [9.17, 15) is 19.1 Å². The van der Waals surface area contributed by atoms with Crippen molar-refractivity contribution in [1.29, 1.82) is 0 Å². The number of imide groups is 1. The van der Waals surface area contributed by atoms with Crippen LogP contribution in [-0.4, -0.2) is 54.4 Å². The first-order chi connectivity index (χ1) is 14.9. The smallest absolute Gasteiger partial charge is 0.325 e. The van der Waals surface area contributed by atoms with Crippen LogP contribution in [0.15, 0.2) is 42.5 Å². The van der Waals surface area contributed by atoms with E-state index in [1.807, 2.05) is 0 Å². The number of nitrogens with zero attached hydrogens (tertiary/aromatic N) is 1. The highest BCUT2D eigenvalue weighted by molar-refractivity contribution is 6.07. The molecule has 2 aromatic carbocycles. The maximum absolute atomic E-state index is 13.1. The fourth-order valence-corrected chi connectivity index (χ4v) is 3.52. The van der Waals surface area contributed by atoms with Gasteiger partial charge in [-0.25, -0.2) is 9.18 Å². The Hall–Kier alpha value is -3.33. The van der Waals surface area contributed by atoms with Crippen LogP contribution < -0.4 is 19.5 Å². The average Bonchev–Trinajstić information content (AvgIpc) is 2.92. The molecule has 2 unspecified atom stereocenters. The zero-order valence-corrected chi connectivity index (χ0v) is 17.0. The number of benzene rings is 2. The van der Waals surface area contributed by atoms with Gasteiger partial charge >= 0.3 is 6.03 Å². The third kappa shape index (κ3) is 4.27. The lowest BCUT2D eigenvalue weighted by molar-refractivity contribution is -0.132. The fourth-order valence-electron chi connectivity index (χ4n) is 3.52. The quantitative estimate of drug-likeness (QED) is 0.682. The van der Waals surface area contributed by atoms with Gasteiger partial charge in [0.05, 0.1) is 19.8 Å². The Kier molecular flexibility index (Phi) is 5.69.